The molecule has 0 heterocycles. The number of rotatable bonds is 2. The molecule has 0 aliphatic carbocycles. The van der Waals surface area contributed by atoms with Crippen LogP contribution in [0.5, 0.6) is 5.75 Å². The Hall–Kier alpha value is -1.55. The summed E-state index contributed by atoms with van der Waals surface area (Å²) < 4.78 is 4.91. The van der Waals surface area contributed by atoms with Gasteiger partial charge in [-0.15, -0.1) is 0 Å². The maximum Gasteiger partial charge on any atom is 0.324 e. The third-order valence-corrected chi connectivity index (χ3v) is 1.40. The monoisotopic (exact) mass is 197 g/mol. The van der Waals surface area contributed by atoms with Crippen LogP contribution in [0.3, 0.4) is 0 Å². The molecule has 0 bridgehead atoms. The van der Waals surface area contributed by atoms with E-state index in [0.29, 0.717) is 6.42 Å². The molecule has 0 aromatic heterocycles. The van der Waals surface area contributed by atoms with Crippen LogP contribution in [0.25, 0.3) is 0 Å². The summed E-state index contributed by atoms with van der Waals surface area (Å²) in [5.41, 5.74) is 0. The van der Waals surface area contributed by atoms with Crippen molar-refractivity contribution in [3.8, 4) is 5.75 Å². The Labute approximate surface area is 83.6 Å². The largest absolute Gasteiger partial charge is 0.497 e. The molecule has 14 heavy (non-hydrogen) atoms. The van der Waals surface area contributed by atoms with Crippen molar-refractivity contribution < 1.29 is 14.4 Å². The van der Waals surface area contributed by atoms with E-state index in [-0.39, 0.29) is 5.97 Å². The topological polar surface area (TPSA) is 61.5 Å². The van der Waals surface area contributed by atoms with Crippen LogP contribution in [0.1, 0.15) is 13.3 Å². The van der Waals surface area contributed by atoms with E-state index in [2.05, 4.69) is 10.7 Å². The average molecular weight is 197 g/mol. The van der Waals surface area contributed by atoms with Gasteiger partial charge in [-0.1, -0.05) is 25.1 Å². The Morgan fingerprint density at radius 3 is 2.14 bits per heavy atom. The van der Waals surface area contributed by atoms with Gasteiger partial charge in [0.1, 0.15) is 5.75 Å². The number of carbonyl (C=O) groups excluding carboxylic acids is 1. The maximum atomic E-state index is 9.83. The molecule has 0 saturated heterocycles. The minimum Gasteiger partial charge on any atom is -0.497 e. The van der Waals surface area contributed by atoms with E-state index in [0.717, 1.165) is 5.75 Å². The van der Waals surface area contributed by atoms with Crippen molar-refractivity contribution in [3.63, 3.8) is 0 Å². The Morgan fingerprint density at radius 1 is 1.36 bits per heavy atom. The van der Waals surface area contributed by atoms with Gasteiger partial charge in [0.15, 0.2) is 0 Å². The third-order valence-electron chi connectivity index (χ3n) is 1.40. The van der Waals surface area contributed by atoms with Gasteiger partial charge in [-0.3, -0.25) is 4.79 Å². The van der Waals surface area contributed by atoms with Crippen LogP contribution in [0, 0.1) is 0 Å². The predicted octanol–water partition coefficient (Wildman–Crippen LogP) is 1.51. The molecule has 1 aromatic carbocycles. The van der Waals surface area contributed by atoms with Crippen LogP contribution in [0.4, 0.5) is 0 Å². The number of hydrogen-bond donors (Lipinski definition) is 1. The van der Waals surface area contributed by atoms with Crippen molar-refractivity contribution in [2.45, 2.75) is 13.3 Å². The van der Waals surface area contributed by atoms with Gasteiger partial charge in [-0.2, -0.15) is 5.90 Å². The Balaban J connectivity index is 0.000000255. The fourth-order valence-corrected chi connectivity index (χ4v) is 0.640. The lowest BCUT2D eigenvalue weighted by Crippen LogP contribution is -2.07. The highest BCUT2D eigenvalue weighted by molar-refractivity contribution is 5.68. The van der Waals surface area contributed by atoms with E-state index in [1.165, 1.54) is 0 Å². The molecule has 0 radical (unpaired) electrons. The number of ether oxygens (including phenoxy) is 1. The van der Waals surface area contributed by atoms with E-state index < -0.39 is 0 Å². The summed E-state index contributed by atoms with van der Waals surface area (Å²) in [5, 5.41) is 0. The second-order valence-electron chi connectivity index (χ2n) is 2.36. The van der Waals surface area contributed by atoms with Gasteiger partial charge in [-0.05, 0) is 12.1 Å². The average Bonchev–Trinajstić information content (AvgIpc) is 2.30. The second-order valence-corrected chi connectivity index (χ2v) is 2.36. The van der Waals surface area contributed by atoms with Gasteiger partial charge >= 0.3 is 5.97 Å². The SMILES string of the molecule is CCC(=O)ON.COc1ccccc1. The van der Waals surface area contributed by atoms with Crippen LogP contribution >= 0.6 is 0 Å². The summed E-state index contributed by atoms with van der Waals surface area (Å²) in [7, 11) is 1.66. The minimum absolute atomic E-state index is 0.344. The molecule has 0 saturated carbocycles. The van der Waals surface area contributed by atoms with Crippen LogP contribution in [0.15, 0.2) is 30.3 Å². The molecule has 0 fully saturated rings. The van der Waals surface area contributed by atoms with Crippen LogP contribution in [0.2, 0.25) is 0 Å². The molecule has 0 aliphatic rings. The predicted molar refractivity (Wildman–Crippen MR) is 53.6 cm³/mol. The lowest BCUT2D eigenvalue weighted by atomic mass is 10.3. The normalized spacial score (nSPS) is 8.21. The first kappa shape index (κ1) is 12.4. The molecule has 4 heteroatoms. The molecular weight excluding hydrogens is 182 g/mol. The van der Waals surface area contributed by atoms with Crippen molar-refractivity contribution in [3.05, 3.63) is 30.3 Å². The number of nitrogens with two attached hydrogens (primary N) is 1. The first-order chi connectivity index (χ1) is 6.74. The van der Waals surface area contributed by atoms with E-state index in [1.807, 2.05) is 30.3 Å². The van der Waals surface area contributed by atoms with E-state index >= 15 is 0 Å². The molecule has 2 N–H and O–H groups in total. The zero-order chi connectivity index (χ0) is 10.8. The highest BCUT2D eigenvalue weighted by Crippen LogP contribution is 2.05. The summed E-state index contributed by atoms with van der Waals surface area (Å²) in [6.07, 6.45) is 0.344. The maximum absolute atomic E-state index is 9.83. The summed E-state index contributed by atoms with van der Waals surface area (Å²) in [6, 6.07) is 9.68. The lowest BCUT2D eigenvalue weighted by Gasteiger charge is -1.93. The number of para-hydroxylation sites is 1. The number of carbonyl (C=O) groups is 1. The fourth-order valence-electron chi connectivity index (χ4n) is 0.640. The molecule has 0 spiro atoms. The lowest BCUT2D eigenvalue weighted by molar-refractivity contribution is -0.143. The summed E-state index contributed by atoms with van der Waals surface area (Å²) >= 11 is 0. The molecule has 0 atom stereocenters. The highest BCUT2D eigenvalue weighted by Gasteiger charge is 1.88. The molecule has 4 nitrogen and oxygen atoms in total. The summed E-state index contributed by atoms with van der Waals surface area (Å²) in [5.74, 6) is 4.96. The van der Waals surface area contributed by atoms with Crippen LogP contribution in [-0.4, -0.2) is 13.1 Å². The molecule has 1 aromatic rings. The quantitative estimate of drug-likeness (QED) is 0.730. The summed E-state index contributed by atoms with van der Waals surface area (Å²) in [6.45, 7) is 1.68. The molecule has 1 rings (SSSR count). The van der Waals surface area contributed by atoms with Gasteiger partial charge in [0, 0.05) is 6.42 Å². The van der Waals surface area contributed by atoms with Gasteiger partial charge in [0.25, 0.3) is 0 Å². The van der Waals surface area contributed by atoms with Gasteiger partial charge in [0.2, 0.25) is 0 Å². The smallest absolute Gasteiger partial charge is 0.324 e. The van der Waals surface area contributed by atoms with Crippen molar-refractivity contribution in [2.75, 3.05) is 7.11 Å². The van der Waals surface area contributed by atoms with Crippen LogP contribution < -0.4 is 10.6 Å². The Morgan fingerprint density at radius 2 is 1.93 bits per heavy atom. The third kappa shape index (κ3) is 6.02. The van der Waals surface area contributed by atoms with Crippen molar-refractivity contribution >= 4 is 5.97 Å². The highest BCUT2D eigenvalue weighted by atomic mass is 16.7. The van der Waals surface area contributed by atoms with Gasteiger partial charge in [-0.25, -0.2) is 0 Å². The van der Waals surface area contributed by atoms with Gasteiger partial charge in [0.05, 0.1) is 7.11 Å². The van der Waals surface area contributed by atoms with Crippen molar-refractivity contribution in [2.24, 2.45) is 5.90 Å². The molecule has 78 valence electrons. The van der Waals surface area contributed by atoms with Gasteiger partial charge < -0.3 is 9.57 Å². The zero-order valence-electron chi connectivity index (χ0n) is 8.40. The number of benzene rings is 1. The molecule has 0 unspecified atom stereocenters. The molecule has 0 amide bonds. The first-order valence-corrected chi connectivity index (χ1v) is 4.23. The van der Waals surface area contributed by atoms with E-state index in [4.69, 9.17) is 4.74 Å². The van der Waals surface area contributed by atoms with E-state index in [1.54, 1.807) is 14.0 Å². The van der Waals surface area contributed by atoms with Crippen LogP contribution in [-0.2, 0) is 9.63 Å². The zero-order valence-corrected chi connectivity index (χ0v) is 8.40. The van der Waals surface area contributed by atoms with E-state index in [9.17, 15) is 4.79 Å². The fraction of sp³-hybridized carbons (Fsp3) is 0.300. The summed E-state index contributed by atoms with van der Waals surface area (Å²) in [4.78, 5) is 13.6. The molecular formula is C10H15NO3. The Kier molecular flexibility index (Phi) is 7.17. The second kappa shape index (κ2) is 8.07. The molecule has 0 aliphatic heterocycles. The standard InChI is InChI=1S/C7H8O.C3H7NO2/c1-8-7-5-3-2-4-6-7;1-2-3(5)6-4/h2-6H,1H3;2,4H2,1H3. The number of hydrogen-bond acceptors (Lipinski definition) is 4. The minimum atomic E-state index is -0.380. The Bertz CT molecular complexity index is 243. The number of methoxy groups -OCH3 is 1. The van der Waals surface area contributed by atoms with Crippen molar-refractivity contribution in [1.82, 2.24) is 0 Å². The van der Waals surface area contributed by atoms with Crippen molar-refractivity contribution in [1.29, 1.82) is 0 Å². The first-order valence-electron chi connectivity index (χ1n) is 4.23.